The molecule has 84 valence electrons. The Hall–Kier alpha value is -1.06. The molecule has 2 amide bonds. The van der Waals surface area contributed by atoms with Crippen LogP contribution in [0.2, 0.25) is 0 Å². The van der Waals surface area contributed by atoms with E-state index in [0.29, 0.717) is 13.0 Å². The van der Waals surface area contributed by atoms with Crippen LogP contribution in [0.3, 0.4) is 0 Å². The number of carbonyl (C=O) groups is 2. The average molecular weight is 210 g/mol. The van der Waals surface area contributed by atoms with Gasteiger partial charge in [-0.3, -0.25) is 9.59 Å². The molecule has 2 aliphatic rings. The number of amides is 2. The van der Waals surface area contributed by atoms with E-state index in [1.165, 1.54) is 12.8 Å². The van der Waals surface area contributed by atoms with Gasteiger partial charge in [-0.15, -0.1) is 0 Å². The second kappa shape index (κ2) is 4.64. The minimum Gasteiger partial charge on any atom is -0.354 e. The van der Waals surface area contributed by atoms with Gasteiger partial charge in [0.25, 0.3) is 0 Å². The second-order valence-electron chi connectivity index (χ2n) is 4.53. The first-order valence-corrected chi connectivity index (χ1v) is 5.83. The summed E-state index contributed by atoms with van der Waals surface area (Å²) in [4.78, 5) is 22.7. The third kappa shape index (κ3) is 2.70. The molecular formula is C11H18N2O2. The molecule has 1 aliphatic carbocycles. The highest BCUT2D eigenvalue weighted by Crippen LogP contribution is 2.24. The summed E-state index contributed by atoms with van der Waals surface area (Å²) in [6.07, 6.45) is 5.74. The van der Waals surface area contributed by atoms with E-state index in [4.69, 9.17) is 0 Å². The van der Waals surface area contributed by atoms with Gasteiger partial charge in [-0.2, -0.15) is 0 Å². The molecule has 1 atom stereocenters. The lowest BCUT2D eigenvalue weighted by atomic mass is 10.0. The molecule has 2 rings (SSSR count). The number of nitrogens with one attached hydrogen (secondary N) is 2. The quantitative estimate of drug-likeness (QED) is 0.700. The van der Waals surface area contributed by atoms with Crippen molar-refractivity contribution >= 4 is 11.8 Å². The Balaban J connectivity index is 1.76. The van der Waals surface area contributed by atoms with Crippen molar-refractivity contribution in [2.75, 3.05) is 6.54 Å². The Kier molecular flexibility index (Phi) is 3.23. The molecule has 1 saturated heterocycles. The molecule has 1 heterocycles. The first-order chi connectivity index (χ1) is 7.25. The smallest absolute Gasteiger partial charge is 0.223 e. The number of piperidine rings is 1. The van der Waals surface area contributed by atoms with Crippen molar-refractivity contribution in [1.29, 1.82) is 0 Å². The van der Waals surface area contributed by atoms with Crippen LogP contribution in [0, 0.1) is 5.92 Å². The summed E-state index contributed by atoms with van der Waals surface area (Å²) in [6.45, 7) is 0.595. The zero-order chi connectivity index (χ0) is 10.7. The van der Waals surface area contributed by atoms with Crippen LogP contribution >= 0.6 is 0 Å². The molecule has 0 spiro atoms. The molecule has 1 saturated carbocycles. The summed E-state index contributed by atoms with van der Waals surface area (Å²) in [6, 6.07) is 0.149. The second-order valence-corrected chi connectivity index (χ2v) is 4.53. The van der Waals surface area contributed by atoms with Gasteiger partial charge in [0, 0.05) is 24.9 Å². The standard InChI is InChI=1S/C11H18N2O2/c14-10-6-5-9(7-12-10)13-11(15)8-3-1-2-4-8/h8-9H,1-7H2,(H,12,14)(H,13,15). The maximum atomic E-state index is 11.8. The molecule has 15 heavy (non-hydrogen) atoms. The van der Waals surface area contributed by atoms with Gasteiger partial charge < -0.3 is 10.6 Å². The SMILES string of the molecule is O=C1CCC(NC(=O)C2CCCC2)CN1. The van der Waals surface area contributed by atoms with E-state index in [2.05, 4.69) is 10.6 Å². The monoisotopic (exact) mass is 210 g/mol. The van der Waals surface area contributed by atoms with Crippen LogP contribution in [0.15, 0.2) is 0 Å². The van der Waals surface area contributed by atoms with E-state index in [1.54, 1.807) is 0 Å². The Labute approximate surface area is 89.8 Å². The molecule has 2 fully saturated rings. The third-order valence-corrected chi connectivity index (χ3v) is 3.34. The topological polar surface area (TPSA) is 58.2 Å². The van der Waals surface area contributed by atoms with Crippen molar-refractivity contribution in [1.82, 2.24) is 10.6 Å². The van der Waals surface area contributed by atoms with Gasteiger partial charge in [0.2, 0.25) is 11.8 Å². The maximum Gasteiger partial charge on any atom is 0.223 e. The van der Waals surface area contributed by atoms with Gasteiger partial charge in [-0.25, -0.2) is 0 Å². The van der Waals surface area contributed by atoms with Crippen LogP contribution in [-0.4, -0.2) is 24.4 Å². The van der Waals surface area contributed by atoms with Crippen molar-refractivity contribution in [3.05, 3.63) is 0 Å². The van der Waals surface area contributed by atoms with Crippen molar-refractivity contribution < 1.29 is 9.59 Å². The van der Waals surface area contributed by atoms with E-state index in [1.807, 2.05) is 0 Å². The van der Waals surface area contributed by atoms with E-state index < -0.39 is 0 Å². The van der Waals surface area contributed by atoms with Crippen LogP contribution < -0.4 is 10.6 Å². The van der Waals surface area contributed by atoms with Crippen LogP contribution in [-0.2, 0) is 9.59 Å². The zero-order valence-electron chi connectivity index (χ0n) is 8.92. The van der Waals surface area contributed by atoms with Crippen molar-refractivity contribution in [3.63, 3.8) is 0 Å². The van der Waals surface area contributed by atoms with Crippen LogP contribution in [0.4, 0.5) is 0 Å². The fourth-order valence-electron chi connectivity index (χ4n) is 2.36. The van der Waals surface area contributed by atoms with Crippen LogP contribution in [0.1, 0.15) is 38.5 Å². The number of hydrogen-bond acceptors (Lipinski definition) is 2. The summed E-state index contributed by atoms with van der Waals surface area (Å²) < 4.78 is 0. The van der Waals surface area contributed by atoms with E-state index in [-0.39, 0.29) is 23.8 Å². The molecule has 0 aromatic carbocycles. The predicted octanol–water partition coefficient (Wildman–Crippen LogP) is 0.571. The fourth-order valence-corrected chi connectivity index (χ4v) is 2.36. The van der Waals surface area contributed by atoms with Gasteiger partial charge in [-0.1, -0.05) is 12.8 Å². The highest BCUT2D eigenvalue weighted by atomic mass is 16.2. The molecule has 0 bridgehead atoms. The zero-order valence-corrected chi connectivity index (χ0v) is 8.92. The Morgan fingerprint density at radius 2 is 2.00 bits per heavy atom. The molecule has 0 radical (unpaired) electrons. The lowest BCUT2D eigenvalue weighted by Gasteiger charge is -2.24. The lowest BCUT2D eigenvalue weighted by molar-refractivity contribution is -0.127. The fraction of sp³-hybridized carbons (Fsp3) is 0.818. The molecule has 1 unspecified atom stereocenters. The molecule has 4 heteroatoms. The van der Waals surface area contributed by atoms with Gasteiger partial charge in [0.1, 0.15) is 0 Å². The molecule has 1 aliphatic heterocycles. The predicted molar refractivity (Wildman–Crippen MR) is 56.1 cm³/mol. The summed E-state index contributed by atoms with van der Waals surface area (Å²) >= 11 is 0. The van der Waals surface area contributed by atoms with Crippen molar-refractivity contribution in [2.45, 2.75) is 44.6 Å². The minimum atomic E-state index is 0.0985. The van der Waals surface area contributed by atoms with E-state index in [0.717, 1.165) is 19.3 Å². The molecule has 0 aromatic rings. The van der Waals surface area contributed by atoms with E-state index in [9.17, 15) is 9.59 Å². The molecule has 2 N–H and O–H groups in total. The van der Waals surface area contributed by atoms with Gasteiger partial charge >= 0.3 is 0 Å². The maximum absolute atomic E-state index is 11.8. The van der Waals surface area contributed by atoms with Gasteiger partial charge in [0.05, 0.1) is 0 Å². The molecule has 0 aromatic heterocycles. The lowest BCUT2D eigenvalue weighted by Crippen LogP contribution is -2.49. The largest absolute Gasteiger partial charge is 0.354 e. The Morgan fingerprint density at radius 1 is 1.27 bits per heavy atom. The summed E-state index contributed by atoms with van der Waals surface area (Å²) in [5.41, 5.74) is 0. The van der Waals surface area contributed by atoms with Crippen LogP contribution in [0.5, 0.6) is 0 Å². The number of hydrogen-bond donors (Lipinski definition) is 2. The van der Waals surface area contributed by atoms with Crippen molar-refractivity contribution in [3.8, 4) is 0 Å². The molecular weight excluding hydrogens is 192 g/mol. The molecule has 4 nitrogen and oxygen atoms in total. The summed E-state index contributed by atoms with van der Waals surface area (Å²) in [7, 11) is 0. The van der Waals surface area contributed by atoms with Crippen molar-refractivity contribution in [2.24, 2.45) is 5.92 Å². The summed E-state index contributed by atoms with van der Waals surface area (Å²) in [5, 5.41) is 5.80. The number of rotatable bonds is 2. The first-order valence-electron chi connectivity index (χ1n) is 5.83. The minimum absolute atomic E-state index is 0.0985. The number of carbonyl (C=O) groups excluding carboxylic acids is 2. The third-order valence-electron chi connectivity index (χ3n) is 3.34. The van der Waals surface area contributed by atoms with E-state index >= 15 is 0 Å². The van der Waals surface area contributed by atoms with Gasteiger partial charge in [0.15, 0.2) is 0 Å². The average Bonchev–Trinajstić information content (AvgIpc) is 2.74. The summed E-state index contributed by atoms with van der Waals surface area (Å²) in [5.74, 6) is 0.512. The Bertz CT molecular complexity index is 249. The first kappa shape index (κ1) is 10.5. The highest BCUT2D eigenvalue weighted by Gasteiger charge is 2.26. The Morgan fingerprint density at radius 3 is 2.60 bits per heavy atom. The highest BCUT2D eigenvalue weighted by molar-refractivity contribution is 5.80. The van der Waals surface area contributed by atoms with Gasteiger partial charge in [-0.05, 0) is 19.3 Å². The normalized spacial score (nSPS) is 27.5. The van der Waals surface area contributed by atoms with Crippen LogP contribution in [0.25, 0.3) is 0 Å².